The van der Waals surface area contributed by atoms with Gasteiger partial charge in [-0.3, -0.25) is 4.99 Å². The van der Waals surface area contributed by atoms with E-state index in [4.69, 9.17) is 0 Å². The van der Waals surface area contributed by atoms with Gasteiger partial charge in [-0.25, -0.2) is 9.98 Å². The van der Waals surface area contributed by atoms with Crippen LogP contribution in [0.3, 0.4) is 0 Å². The second-order valence-electron chi connectivity index (χ2n) is 2.69. The maximum absolute atomic E-state index is 4.18. The van der Waals surface area contributed by atoms with Gasteiger partial charge in [-0.1, -0.05) is 6.92 Å². The Bertz CT molecular complexity index is 311. The number of aryl methyl sites for hydroxylation is 1. The predicted octanol–water partition coefficient (Wildman–Crippen LogP) is 1.67. The van der Waals surface area contributed by atoms with E-state index in [2.05, 4.69) is 28.6 Å². The van der Waals surface area contributed by atoms with Gasteiger partial charge in [0.2, 0.25) is 0 Å². The molecule has 1 aromatic rings. The van der Waals surface area contributed by atoms with Crippen molar-refractivity contribution in [3.8, 4) is 0 Å². The van der Waals surface area contributed by atoms with Crippen molar-refractivity contribution in [2.75, 3.05) is 7.05 Å². The van der Waals surface area contributed by atoms with E-state index >= 15 is 0 Å². The lowest BCUT2D eigenvalue weighted by Gasteiger charge is -2.00. The Morgan fingerprint density at radius 3 is 3.00 bits per heavy atom. The Kier molecular flexibility index (Phi) is 3.37. The van der Waals surface area contributed by atoms with E-state index in [0.29, 0.717) is 0 Å². The van der Waals surface area contributed by atoms with Gasteiger partial charge >= 0.3 is 0 Å². The van der Waals surface area contributed by atoms with Gasteiger partial charge in [-0.2, -0.15) is 0 Å². The van der Waals surface area contributed by atoms with Crippen molar-refractivity contribution >= 4 is 18.7 Å². The third-order valence-electron chi connectivity index (χ3n) is 1.70. The molecule has 0 atom stereocenters. The van der Waals surface area contributed by atoms with Crippen LogP contribution in [-0.4, -0.2) is 29.5 Å². The van der Waals surface area contributed by atoms with Crippen LogP contribution in [0.2, 0.25) is 0 Å². The normalized spacial score (nSPS) is 10.9. The third-order valence-corrected chi connectivity index (χ3v) is 1.70. The standard InChI is InChI=1S/C9H14N4/c1-4-5-13-7-12-8(6-10-2)9(13)11-3/h6-7H,3-5H2,1-2H3. The highest BCUT2D eigenvalue weighted by molar-refractivity contribution is 5.83. The SMILES string of the molecule is C=Nc1c(C=NC)ncn1CCC. The summed E-state index contributed by atoms with van der Waals surface area (Å²) in [6, 6.07) is 0. The Balaban J connectivity index is 3.02. The molecule has 1 rings (SSSR count). The fraction of sp³-hybridized carbons (Fsp3) is 0.444. The van der Waals surface area contributed by atoms with Gasteiger partial charge in [0.25, 0.3) is 0 Å². The third kappa shape index (κ3) is 2.02. The van der Waals surface area contributed by atoms with Gasteiger partial charge in [0, 0.05) is 13.6 Å². The molecule has 0 amide bonds. The molecule has 1 aromatic heterocycles. The van der Waals surface area contributed by atoms with Gasteiger partial charge in [0.1, 0.15) is 5.69 Å². The monoisotopic (exact) mass is 178 g/mol. The van der Waals surface area contributed by atoms with Crippen molar-refractivity contribution in [3.05, 3.63) is 12.0 Å². The van der Waals surface area contributed by atoms with Crippen LogP contribution in [0.1, 0.15) is 19.0 Å². The van der Waals surface area contributed by atoms with Crippen LogP contribution in [0, 0.1) is 0 Å². The summed E-state index contributed by atoms with van der Waals surface area (Å²) >= 11 is 0. The first-order valence-electron chi connectivity index (χ1n) is 4.27. The Labute approximate surface area is 78.1 Å². The molecule has 4 heteroatoms. The van der Waals surface area contributed by atoms with E-state index in [-0.39, 0.29) is 0 Å². The lowest BCUT2D eigenvalue weighted by Crippen LogP contribution is -1.93. The first kappa shape index (κ1) is 9.64. The highest BCUT2D eigenvalue weighted by Gasteiger charge is 2.05. The Morgan fingerprint density at radius 2 is 2.46 bits per heavy atom. The van der Waals surface area contributed by atoms with E-state index in [9.17, 15) is 0 Å². The minimum atomic E-state index is 0.783. The first-order chi connectivity index (χ1) is 6.33. The molecule has 0 saturated heterocycles. The van der Waals surface area contributed by atoms with Gasteiger partial charge in [0.05, 0.1) is 12.5 Å². The number of aliphatic imine (C=N–C) groups is 2. The van der Waals surface area contributed by atoms with Crippen molar-refractivity contribution in [1.82, 2.24) is 9.55 Å². The summed E-state index contributed by atoms with van der Waals surface area (Å²) < 4.78 is 1.98. The molecule has 0 fully saturated rings. The van der Waals surface area contributed by atoms with E-state index in [1.165, 1.54) is 0 Å². The molecule has 4 nitrogen and oxygen atoms in total. The summed E-state index contributed by atoms with van der Waals surface area (Å²) in [5.74, 6) is 0.799. The van der Waals surface area contributed by atoms with Crippen molar-refractivity contribution in [3.63, 3.8) is 0 Å². The number of rotatable bonds is 4. The predicted molar refractivity (Wildman–Crippen MR) is 55.2 cm³/mol. The average Bonchev–Trinajstić information content (AvgIpc) is 2.49. The highest BCUT2D eigenvalue weighted by Crippen LogP contribution is 2.15. The van der Waals surface area contributed by atoms with Crippen molar-refractivity contribution < 1.29 is 0 Å². The summed E-state index contributed by atoms with van der Waals surface area (Å²) in [6.07, 6.45) is 4.52. The maximum Gasteiger partial charge on any atom is 0.160 e. The van der Waals surface area contributed by atoms with E-state index < -0.39 is 0 Å². The first-order valence-corrected chi connectivity index (χ1v) is 4.27. The lowest BCUT2D eigenvalue weighted by molar-refractivity contribution is 0.682. The van der Waals surface area contributed by atoms with E-state index in [0.717, 1.165) is 24.5 Å². The van der Waals surface area contributed by atoms with Crippen LogP contribution in [0.4, 0.5) is 5.82 Å². The fourth-order valence-electron chi connectivity index (χ4n) is 1.18. The Hall–Kier alpha value is -1.45. The van der Waals surface area contributed by atoms with Crippen LogP contribution in [0.15, 0.2) is 16.3 Å². The minimum Gasteiger partial charge on any atom is -0.315 e. The molecule has 0 unspecified atom stereocenters. The van der Waals surface area contributed by atoms with Crippen molar-refractivity contribution in [2.45, 2.75) is 19.9 Å². The molecule has 0 radical (unpaired) electrons. The summed E-state index contributed by atoms with van der Waals surface area (Å²) in [5.41, 5.74) is 0.783. The van der Waals surface area contributed by atoms with Crippen LogP contribution >= 0.6 is 0 Å². The van der Waals surface area contributed by atoms with E-state index in [1.54, 1.807) is 19.6 Å². The molecule has 0 aliphatic carbocycles. The summed E-state index contributed by atoms with van der Waals surface area (Å²) in [7, 11) is 1.71. The van der Waals surface area contributed by atoms with Gasteiger partial charge < -0.3 is 4.57 Å². The number of hydrogen-bond donors (Lipinski definition) is 0. The molecule has 0 N–H and O–H groups in total. The molecule has 70 valence electrons. The average molecular weight is 178 g/mol. The summed E-state index contributed by atoms with van der Waals surface area (Å²) in [6.45, 7) is 6.54. The zero-order valence-corrected chi connectivity index (χ0v) is 8.06. The van der Waals surface area contributed by atoms with E-state index in [1.807, 2.05) is 4.57 Å². The summed E-state index contributed by atoms with van der Waals surface area (Å²) in [4.78, 5) is 12.0. The molecule has 0 aliphatic rings. The number of hydrogen-bond acceptors (Lipinski definition) is 3. The van der Waals surface area contributed by atoms with Gasteiger partial charge in [-0.05, 0) is 13.1 Å². The van der Waals surface area contributed by atoms with Crippen molar-refractivity contribution in [2.24, 2.45) is 9.98 Å². The molecule has 0 aromatic carbocycles. The molecule has 0 bridgehead atoms. The number of aromatic nitrogens is 2. The molecule has 1 heterocycles. The largest absolute Gasteiger partial charge is 0.315 e. The zero-order valence-electron chi connectivity index (χ0n) is 8.06. The van der Waals surface area contributed by atoms with Crippen LogP contribution in [0.5, 0.6) is 0 Å². The van der Waals surface area contributed by atoms with Crippen LogP contribution in [-0.2, 0) is 6.54 Å². The van der Waals surface area contributed by atoms with Crippen LogP contribution < -0.4 is 0 Å². The smallest absolute Gasteiger partial charge is 0.160 e. The van der Waals surface area contributed by atoms with Gasteiger partial charge in [0.15, 0.2) is 5.82 Å². The maximum atomic E-state index is 4.18. The second-order valence-corrected chi connectivity index (χ2v) is 2.69. The lowest BCUT2D eigenvalue weighted by atomic mass is 10.4. The molecular weight excluding hydrogens is 164 g/mol. The van der Waals surface area contributed by atoms with Crippen molar-refractivity contribution in [1.29, 1.82) is 0 Å². The van der Waals surface area contributed by atoms with Crippen LogP contribution in [0.25, 0.3) is 0 Å². The zero-order chi connectivity index (χ0) is 9.68. The highest BCUT2D eigenvalue weighted by atomic mass is 15.1. The molecule has 13 heavy (non-hydrogen) atoms. The molecular formula is C9H14N4. The fourth-order valence-corrected chi connectivity index (χ4v) is 1.18. The molecule has 0 spiro atoms. The number of nitrogens with zero attached hydrogens (tertiary/aromatic N) is 4. The summed E-state index contributed by atoms with van der Waals surface area (Å²) in [5, 5.41) is 0. The topological polar surface area (TPSA) is 42.5 Å². The molecule has 0 saturated carbocycles. The van der Waals surface area contributed by atoms with Gasteiger partial charge in [-0.15, -0.1) is 0 Å². The Morgan fingerprint density at radius 1 is 1.69 bits per heavy atom. The second kappa shape index (κ2) is 4.54. The number of imidazole rings is 1. The minimum absolute atomic E-state index is 0.783. The molecule has 0 aliphatic heterocycles. The quantitative estimate of drug-likeness (QED) is 0.647.